The molecule has 3 N–H and O–H groups in total. The largest absolute Gasteiger partial charge is 0.393 e. The normalized spacial score (nSPS) is 47.5. The van der Waals surface area contributed by atoms with E-state index in [1.54, 1.807) is 0 Å². The highest BCUT2D eigenvalue weighted by atomic mass is 31.0. The van der Waals surface area contributed by atoms with Gasteiger partial charge in [0.1, 0.15) is 0 Å². The smallest absolute Gasteiger partial charge is 0.0781 e. The third-order valence-corrected chi connectivity index (χ3v) is 7.90. The molecule has 3 aliphatic rings. The van der Waals surface area contributed by atoms with Crippen molar-refractivity contribution in [2.45, 2.75) is 107 Å². The second-order valence-corrected chi connectivity index (χ2v) is 10.5. The van der Waals surface area contributed by atoms with Crippen molar-refractivity contribution in [3.63, 3.8) is 0 Å². The lowest BCUT2D eigenvalue weighted by molar-refractivity contribution is 0.0701. The standard InChI is InChI=1S/C21H39O3P/c22-19-7-2-1-5-15(11-19)16-8-9-17(13-20(23)12-16)18-6-3-4-10-21(24,25)14-18/h15-20,22-24H,1-14,25H2. The average Bonchev–Trinajstić information content (AvgIpc) is 2.95. The third-order valence-electron chi connectivity index (χ3n) is 7.38. The van der Waals surface area contributed by atoms with E-state index in [4.69, 9.17) is 0 Å². The Kier molecular flexibility index (Phi) is 7.22. The molecule has 0 amide bonds. The van der Waals surface area contributed by atoms with Crippen molar-refractivity contribution >= 4 is 9.24 Å². The van der Waals surface area contributed by atoms with Gasteiger partial charge in [0, 0.05) is 0 Å². The molecular formula is C21H39O3P. The Morgan fingerprint density at radius 3 is 1.92 bits per heavy atom. The van der Waals surface area contributed by atoms with E-state index >= 15 is 0 Å². The van der Waals surface area contributed by atoms with Crippen LogP contribution in [0.5, 0.6) is 0 Å². The van der Waals surface area contributed by atoms with E-state index in [2.05, 4.69) is 9.24 Å². The minimum Gasteiger partial charge on any atom is -0.393 e. The van der Waals surface area contributed by atoms with Crippen LogP contribution >= 0.6 is 9.24 Å². The van der Waals surface area contributed by atoms with Gasteiger partial charge in [-0.1, -0.05) is 38.5 Å². The summed E-state index contributed by atoms with van der Waals surface area (Å²) in [5.41, 5.74) is 0. The van der Waals surface area contributed by atoms with Crippen LogP contribution in [0.1, 0.15) is 89.9 Å². The molecular weight excluding hydrogens is 331 g/mol. The number of hydrogen-bond donors (Lipinski definition) is 3. The first-order chi connectivity index (χ1) is 11.9. The van der Waals surface area contributed by atoms with Gasteiger partial charge in [-0.25, -0.2) is 0 Å². The van der Waals surface area contributed by atoms with Gasteiger partial charge in [-0.2, -0.15) is 0 Å². The molecule has 0 radical (unpaired) electrons. The van der Waals surface area contributed by atoms with Crippen molar-refractivity contribution in [3.05, 3.63) is 0 Å². The predicted molar refractivity (Wildman–Crippen MR) is 105 cm³/mol. The van der Waals surface area contributed by atoms with Crippen molar-refractivity contribution in [1.82, 2.24) is 0 Å². The molecule has 0 bridgehead atoms. The fourth-order valence-electron chi connectivity index (χ4n) is 6.01. The van der Waals surface area contributed by atoms with Crippen LogP contribution < -0.4 is 0 Å². The highest BCUT2D eigenvalue weighted by molar-refractivity contribution is 7.18. The summed E-state index contributed by atoms with van der Waals surface area (Å²) in [5, 5.41) is 30.9. The summed E-state index contributed by atoms with van der Waals surface area (Å²) in [6, 6.07) is 0. The topological polar surface area (TPSA) is 60.7 Å². The Balaban J connectivity index is 1.62. The minimum absolute atomic E-state index is 0.127. The first-order valence-electron chi connectivity index (χ1n) is 10.8. The lowest BCUT2D eigenvalue weighted by Gasteiger charge is -2.31. The Hall–Kier alpha value is 0.310. The molecule has 0 saturated heterocycles. The van der Waals surface area contributed by atoms with Crippen LogP contribution in [0.2, 0.25) is 0 Å². The van der Waals surface area contributed by atoms with Crippen LogP contribution in [0, 0.1) is 23.7 Å². The number of aliphatic hydroxyl groups is 3. The molecule has 3 fully saturated rings. The molecule has 4 heteroatoms. The summed E-state index contributed by atoms with van der Waals surface area (Å²) in [5.74, 6) is 2.28. The van der Waals surface area contributed by atoms with Gasteiger partial charge in [-0.15, -0.1) is 9.24 Å². The monoisotopic (exact) mass is 370 g/mol. The first-order valence-corrected chi connectivity index (χ1v) is 11.4. The van der Waals surface area contributed by atoms with Crippen LogP contribution in [0.4, 0.5) is 0 Å². The SMILES string of the molecule is OC1CCCCC(C2CCC(C3CCCCC(O)(P)C3)CC(O)C2)C1. The van der Waals surface area contributed by atoms with E-state index in [0.717, 1.165) is 51.4 Å². The molecule has 0 aliphatic heterocycles. The maximum atomic E-state index is 10.7. The molecule has 3 aliphatic carbocycles. The van der Waals surface area contributed by atoms with E-state index in [-0.39, 0.29) is 12.2 Å². The highest BCUT2D eigenvalue weighted by Crippen LogP contribution is 2.45. The van der Waals surface area contributed by atoms with Gasteiger partial charge in [0.05, 0.1) is 17.6 Å². The molecule has 0 aromatic rings. The maximum absolute atomic E-state index is 10.7. The quantitative estimate of drug-likeness (QED) is 0.503. The zero-order chi connectivity index (χ0) is 17.9. The van der Waals surface area contributed by atoms with Crippen molar-refractivity contribution in [1.29, 1.82) is 0 Å². The summed E-state index contributed by atoms with van der Waals surface area (Å²) in [7, 11) is 2.69. The fraction of sp³-hybridized carbons (Fsp3) is 1.00. The van der Waals surface area contributed by atoms with Gasteiger partial charge in [-0.05, 0) is 75.0 Å². The van der Waals surface area contributed by atoms with Crippen LogP contribution in [0.25, 0.3) is 0 Å². The molecule has 0 aromatic carbocycles. The summed E-state index contributed by atoms with van der Waals surface area (Å²) in [6.45, 7) is 0. The highest BCUT2D eigenvalue weighted by Gasteiger charge is 2.37. The van der Waals surface area contributed by atoms with E-state index in [0.29, 0.717) is 23.7 Å². The lowest BCUT2D eigenvalue weighted by Crippen LogP contribution is -2.27. The number of aliphatic hydroxyl groups excluding tert-OH is 2. The Bertz CT molecular complexity index is 414. The Morgan fingerprint density at radius 2 is 1.16 bits per heavy atom. The van der Waals surface area contributed by atoms with Crippen molar-refractivity contribution in [3.8, 4) is 0 Å². The Labute approximate surface area is 156 Å². The van der Waals surface area contributed by atoms with E-state index in [9.17, 15) is 15.3 Å². The van der Waals surface area contributed by atoms with Gasteiger partial charge < -0.3 is 15.3 Å². The molecule has 0 aromatic heterocycles. The van der Waals surface area contributed by atoms with Gasteiger partial charge in [0.15, 0.2) is 0 Å². The zero-order valence-electron chi connectivity index (χ0n) is 15.8. The van der Waals surface area contributed by atoms with Crippen LogP contribution in [-0.4, -0.2) is 32.9 Å². The second-order valence-electron chi connectivity index (χ2n) is 9.47. The molecule has 146 valence electrons. The van der Waals surface area contributed by atoms with Gasteiger partial charge in [-0.3, -0.25) is 0 Å². The molecule has 25 heavy (non-hydrogen) atoms. The predicted octanol–water partition coefficient (Wildman–Crippen LogP) is 4.24. The summed E-state index contributed by atoms with van der Waals surface area (Å²) in [4.78, 5) is 0. The van der Waals surface area contributed by atoms with Gasteiger partial charge in [0.2, 0.25) is 0 Å². The van der Waals surface area contributed by atoms with Crippen LogP contribution in [-0.2, 0) is 0 Å². The van der Waals surface area contributed by atoms with Crippen molar-refractivity contribution in [2.24, 2.45) is 23.7 Å². The third kappa shape index (κ3) is 5.89. The van der Waals surface area contributed by atoms with E-state index in [1.165, 1.54) is 38.5 Å². The lowest BCUT2D eigenvalue weighted by atomic mass is 9.78. The van der Waals surface area contributed by atoms with E-state index < -0.39 is 5.34 Å². The van der Waals surface area contributed by atoms with Crippen LogP contribution in [0.15, 0.2) is 0 Å². The van der Waals surface area contributed by atoms with Gasteiger partial charge in [0.25, 0.3) is 0 Å². The van der Waals surface area contributed by atoms with E-state index in [1.807, 2.05) is 0 Å². The molecule has 3 nitrogen and oxygen atoms in total. The van der Waals surface area contributed by atoms with Gasteiger partial charge >= 0.3 is 0 Å². The number of rotatable bonds is 2. The summed E-state index contributed by atoms with van der Waals surface area (Å²) >= 11 is 0. The molecule has 3 rings (SSSR count). The Morgan fingerprint density at radius 1 is 0.640 bits per heavy atom. The molecule has 3 saturated carbocycles. The second kappa shape index (κ2) is 9.00. The zero-order valence-corrected chi connectivity index (χ0v) is 16.9. The molecule has 0 spiro atoms. The minimum atomic E-state index is -0.594. The first kappa shape index (κ1) is 20.1. The fourth-order valence-corrected chi connectivity index (χ4v) is 6.52. The van der Waals surface area contributed by atoms with Crippen molar-refractivity contribution < 1.29 is 15.3 Å². The molecule has 8 unspecified atom stereocenters. The number of hydrogen-bond acceptors (Lipinski definition) is 3. The average molecular weight is 371 g/mol. The van der Waals surface area contributed by atoms with Crippen molar-refractivity contribution in [2.75, 3.05) is 0 Å². The maximum Gasteiger partial charge on any atom is 0.0781 e. The summed E-state index contributed by atoms with van der Waals surface area (Å²) < 4.78 is 0. The molecule has 0 heterocycles. The molecule has 8 atom stereocenters. The summed E-state index contributed by atoms with van der Waals surface area (Å²) in [6.07, 6.45) is 14.7. The van der Waals surface area contributed by atoms with Crippen LogP contribution in [0.3, 0.4) is 0 Å².